The second-order valence-corrected chi connectivity index (χ2v) is 3.24. The average Bonchev–Trinajstić information content (AvgIpc) is 2.40. The largest absolute Gasteiger partial charge is 0.461 e. The van der Waals surface area contributed by atoms with Crippen LogP contribution >= 0.6 is 0 Å². The molecule has 0 aromatic carbocycles. The van der Waals surface area contributed by atoms with Crippen molar-refractivity contribution in [1.82, 2.24) is 15.2 Å². The summed E-state index contributed by atoms with van der Waals surface area (Å²) < 4.78 is 4.82. The standard InChI is InChI=1S/C12H11N3O2/c1-2-17-12(16)11-7-6-10(14-15-11)9-5-3-4-8-13-9/h3-8H,2H2,1H3. The van der Waals surface area contributed by atoms with E-state index in [1.54, 1.807) is 25.3 Å². The fourth-order valence-corrected chi connectivity index (χ4v) is 1.30. The van der Waals surface area contributed by atoms with Gasteiger partial charge < -0.3 is 4.74 Å². The Kier molecular flexibility index (Phi) is 3.40. The Bertz CT molecular complexity index is 497. The molecule has 2 heterocycles. The first-order valence-electron chi connectivity index (χ1n) is 5.23. The summed E-state index contributed by atoms with van der Waals surface area (Å²) in [6.07, 6.45) is 1.68. The Hall–Kier alpha value is -2.30. The van der Waals surface area contributed by atoms with Crippen molar-refractivity contribution < 1.29 is 9.53 Å². The Balaban J connectivity index is 2.22. The summed E-state index contributed by atoms with van der Waals surface area (Å²) in [7, 11) is 0. The Morgan fingerprint density at radius 1 is 1.18 bits per heavy atom. The second kappa shape index (κ2) is 5.16. The molecule has 0 saturated carbocycles. The number of rotatable bonds is 3. The number of esters is 1. The zero-order valence-electron chi connectivity index (χ0n) is 9.33. The molecule has 0 amide bonds. The van der Waals surface area contributed by atoms with Crippen LogP contribution in [0, 0.1) is 0 Å². The normalized spacial score (nSPS) is 9.94. The van der Waals surface area contributed by atoms with Crippen molar-refractivity contribution >= 4 is 5.97 Å². The maximum absolute atomic E-state index is 11.4. The highest BCUT2D eigenvalue weighted by Gasteiger charge is 2.09. The van der Waals surface area contributed by atoms with Crippen LogP contribution < -0.4 is 0 Å². The molecule has 0 bridgehead atoms. The molecule has 0 spiro atoms. The smallest absolute Gasteiger partial charge is 0.358 e. The van der Waals surface area contributed by atoms with Gasteiger partial charge in [-0.25, -0.2) is 4.79 Å². The molecule has 0 aliphatic heterocycles. The number of carbonyl (C=O) groups is 1. The molecule has 17 heavy (non-hydrogen) atoms. The molecule has 0 saturated heterocycles. The van der Waals surface area contributed by atoms with E-state index in [2.05, 4.69) is 15.2 Å². The van der Waals surface area contributed by atoms with Crippen molar-refractivity contribution in [3.05, 3.63) is 42.2 Å². The molecule has 5 heteroatoms. The van der Waals surface area contributed by atoms with Crippen LogP contribution in [-0.4, -0.2) is 27.8 Å². The minimum Gasteiger partial charge on any atom is -0.461 e. The summed E-state index contributed by atoms with van der Waals surface area (Å²) in [6, 6.07) is 8.79. The first kappa shape index (κ1) is 11.2. The van der Waals surface area contributed by atoms with E-state index in [0.29, 0.717) is 12.3 Å². The summed E-state index contributed by atoms with van der Waals surface area (Å²) in [4.78, 5) is 15.5. The zero-order chi connectivity index (χ0) is 12.1. The lowest BCUT2D eigenvalue weighted by Gasteiger charge is -2.01. The van der Waals surface area contributed by atoms with Gasteiger partial charge in [0.2, 0.25) is 0 Å². The number of hydrogen-bond donors (Lipinski definition) is 0. The van der Waals surface area contributed by atoms with Crippen molar-refractivity contribution in [3.63, 3.8) is 0 Å². The SMILES string of the molecule is CCOC(=O)c1ccc(-c2ccccn2)nn1. The van der Waals surface area contributed by atoms with Crippen LogP contribution in [0.2, 0.25) is 0 Å². The maximum Gasteiger partial charge on any atom is 0.358 e. The summed E-state index contributed by atoms with van der Waals surface area (Å²) in [5.74, 6) is -0.465. The van der Waals surface area contributed by atoms with Crippen molar-refractivity contribution in [2.75, 3.05) is 6.61 Å². The highest BCUT2D eigenvalue weighted by atomic mass is 16.5. The van der Waals surface area contributed by atoms with E-state index in [1.165, 1.54) is 0 Å². The van der Waals surface area contributed by atoms with Crippen LogP contribution in [0.1, 0.15) is 17.4 Å². The third-order valence-corrected chi connectivity index (χ3v) is 2.08. The molecule has 0 fully saturated rings. The quantitative estimate of drug-likeness (QED) is 0.750. The van der Waals surface area contributed by atoms with E-state index in [-0.39, 0.29) is 5.69 Å². The van der Waals surface area contributed by atoms with Crippen LogP contribution in [-0.2, 0) is 4.74 Å². The monoisotopic (exact) mass is 229 g/mol. The maximum atomic E-state index is 11.4. The van der Waals surface area contributed by atoms with Gasteiger partial charge in [0.05, 0.1) is 12.3 Å². The summed E-state index contributed by atoms with van der Waals surface area (Å²) in [5.41, 5.74) is 1.54. The van der Waals surface area contributed by atoms with Gasteiger partial charge in [0, 0.05) is 6.20 Å². The second-order valence-electron chi connectivity index (χ2n) is 3.24. The lowest BCUT2D eigenvalue weighted by molar-refractivity contribution is 0.0518. The van der Waals surface area contributed by atoms with Crippen LogP contribution in [0.3, 0.4) is 0 Å². The summed E-state index contributed by atoms with van der Waals surface area (Å²) in [6.45, 7) is 2.07. The molecule has 5 nitrogen and oxygen atoms in total. The first-order valence-corrected chi connectivity index (χ1v) is 5.23. The van der Waals surface area contributed by atoms with Crippen molar-refractivity contribution in [2.24, 2.45) is 0 Å². The number of nitrogens with zero attached hydrogens (tertiary/aromatic N) is 3. The predicted molar refractivity (Wildman–Crippen MR) is 61.2 cm³/mol. The summed E-state index contributed by atoms with van der Waals surface area (Å²) in [5, 5.41) is 7.75. The number of carbonyl (C=O) groups excluding carboxylic acids is 1. The van der Waals surface area contributed by atoms with Gasteiger partial charge in [0.1, 0.15) is 5.69 Å². The van der Waals surface area contributed by atoms with Gasteiger partial charge in [-0.3, -0.25) is 4.98 Å². The van der Waals surface area contributed by atoms with Gasteiger partial charge in [0.25, 0.3) is 0 Å². The van der Waals surface area contributed by atoms with Crippen molar-refractivity contribution in [2.45, 2.75) is 6.92 Å². The fraction of sp³-hybridized carbons (Fsp3) is 0.167. The molecule has 0 unspecified atom stereocenters. The van der Waals surface area contributed by atoms with Gasteiger partial charge in [-0.2, -0.15) is 0 Å². The Morgan fingerprint density at radius 3 is 2.65 bits per heavy atom. The van der Waals surface area contributed by atoms with Crippen LogP contribution in [0.4, 0.5) is 0 Å². The van der Waals surface area contributed by atoms with Gasteiger partial charge >= 0.3 is 5.97 Å². The topological polar surface area (TPSA) is 65.0 Å². The Labute approximate surface area is 98.5 Å². The van der Waals surface area contributed by atoms with Gasteiger partial charge in [-0.15, -0.1) is 10.2 Å². The molecule has 0 aliphatic carbocycles. The molecule has 2 aromatic rings. The van der Waals surface area contributed by atoms with E-state index in [9.17, 15) is 4.79 Å². The predicted octanol–water partition coefficient (Wildman–Crippen LogP) is 1.72. The van der Waals surface area contributed by atoms with Crippen molar-refractivity contribution in [1.29, 1.82) is 0 Å². The molecule has 0 radical (unpaired) electrons. The molecule has 86 valence electrons. The van der Waals surface area contributed by atoms with E-state index >= 15 is 0 Å². The van der Waals surface area contributed by atoms with E-state index in [1.807, 2.05) is 18.2 Å². The molecular weight excluding hydrogens is 218 g/mol. The average molecular weight is 229 g/mol. The molecule has 0 N–H and O–H groups in total. The molecule has 2 rings (SSSR count). The van der Waals surface area contributed by atoms with Gasteiger partial charge in [-0.05, 0) is 31.2 Å². The highest BCUT2D eigenvalue weighted by molar-refractivity contribution is 5.87. The first-order chi connectivity index (χ1) is 8.31. The lowest BCUT2D eigenvalue weighted by Crippen LogP contribution is -2.08. The number of hydrogen-bond acceptors (Lipinski definition) is 5. The fourth-order valence-electron chi connectivity index (χ4n) is 1.30. The third kappa shape index (κ3) is 2.63. The number of ether oxygens (including phenoxy) is 1. The van der Waals surface area contributed by atoms with Gasteiger partial charge in [0.15, 0.2) is 5.69 Å². The number of aromatic nitrogens is 3. The Morgan fingerprint density at radius 2 is 2.06 bits per heavy atom. The molecule has 0 atom stereocenters. The molecule has 0 aliphatic rings. The van der Waals surface area contributed by atoms with Gasteiger partial charge in [-0.1, -0.05) is 6.07 Å². The highest BCUT2D eigenvalue weighted by Crippen LogP contribution is 2.12. The minimum atomic E-state index is -0.465. The third-order valence-electron chi connectivity index (χ3n) is 2.08. The molecular formula is C12H11N3O2. The van der Waals surface area contributed by atoms with Crippen LogP contribution in [0.25, 0.3) is 11.4 Å². The number of pyridine rings is 1. The van der Waals surface area contributed by atoms with Crippen LogP contribution in [0.15, 0.2) is 36.5 Å². The van der Waals surface area contributed by atoms with Crippen molar-refractivity contribution in [3.8, 4) is 11.4 Å². The van der Waals surface area contributed by atoms with E-state index in [0.717, 1.165) is 5.69 Å². The van der Waals surface area contributed by atoms with Crippen LogP contribution in [0.5, 0.6) is 0 Å². The van der Waals surface area contributed by atoms with E-state index < -0.39 is 5.97 Å². The molecule has 2 aromatic heterocycles. The summed E-state index contributed by atoms with van der Waals surface area (Å²) >= 11 is 0. The lowest BCUT2D eigenvalue weighted by atomic mass is 10.2. The zero-order valence-corrected chi connectivity index (χ0v) is 9.33. The minimum absolute atomic E-state index is 0.200. The van der Waals surface area contributed by atoms with E-state index in [4.69, 9.17) is 4.74 Å².